The van der Waals surface area contributed by atoms with Crippen LogP contribution in [-0.4, -0.2) is 36.7 Å². The number of carbonyl (C=O) groups excluding carboxylic acids is 1. The van der Waals surface area contributed by atoms with Gasteiger partial charge in [0.15, 0.2) is 5.76 Å². The third-order valence-corrected chi connectivity index (χ3v) is 5.46. The highest BCUT2D eigenvalue weighted by Crippen LogP contribution is 2.32. The molecule has 1 aliphatic rings. The Morgan fingerprint density at radius 3 is 2.72 bits per heavy atom. The number of hydrogen-bond acceptors (Lipinski definition) is 5. The van der Waals surface area contributed by atoms with Crippen LogP contribution < -0.4 is 9.47 Å². The topological polar surface area (TPSA) is 64.8 Å². The van der Waals surface area contributed by atoms with Gasteiger partial charge in [-0.1, -0.05) is 23.4 Å². The zero-order valence-electron chi connectivity index (χ0n) is 16.8. The first kappa shape index (κ1) is 19.1. The van der Waals surface area contributed by atoms with Crippen LogP contribution in [-0.2, 0) is 17.6 Å². The van der Waals surface area contributed by atoms with Gasteiger partial charge in [0.05, 0.1) is 32.4 Å². The van der Waals surface area contributed by atoms with Gasteiger partial charge >= 0.3 is 0 Å². The van der Waals surface area contributed by atoms with Gasteiger partial charge in [-0.05, 0) is 48.7 Å². The van der Waals surface area contributed by atoms with Gasteiger partial charge in [-0.25, -0.2) is 0 Å². The van der Waals surface area contributed by atoms with Crippen LogP contribution in [0.5, 0.6) is 11.5 Å². The second-order valence-corrected chi connectivity index (χ2v) is 7.17. The normalized spacial score (nSPS) is 15.7. The standard InChI is InChI=1S/C23H24N2O4/c1-15-21-14-20(28-3)8-7-16(21)9-10-25(15)23(26)13-18-12-22(29-24-18)17-5-4-6-19(11-17)27-2/h4-8,11-12,14-15H,9-10,13H2,1-3H3. The molecule has 1 amide bonds. The number of hydrogen-bond donors (Lipinski definition) is 0. The van der Waals surface area contributed by atoms with E-state index in [0.29, 0.717) is 18.0 Å². The third kappa shape index (κ3) is 3.83. The minimum absolute atomic E-state index is 0.00824. The number of methoxy groups -OCH3 is 2. The second kappa shape index (κ2) is 7.99. The first-order valence-corrected chi connectivity index (χ1v) is 9.65. The molecule has 2 heterocycles. The quantitative estimate of drug-likeness (QED) is 0.655. The maximum absolute atomic E-state index is 13.0. The molecule has 0 fully saturated rings. The number of fused-ring (bicyclic) bond motifs is 1. The lowest BCUT2D eigenvalue weighted by Gasteiger charge is -2.35. The van der Waals surface area contributed by atoms with Crippen molar-refractivity contribution in [3.63, 3.8) is 0 Å². The molecular weight excluding hydrogens is 368 g/mol. The van der Waals surface area contributed by atoms with Crippen LogP contribution in [0.25, 0.3) is 11.3 Å². The Balaban J connectivity index is 1.49. The molecule has 0 saturated heterocycles. The third-order valence-electron chi connectivity index (χ3n) is 5.46. The average molecular weight is 392 g/mol. The van der Waals surface area contributed by atoms with Crippen LogP contribution in [0.1, 0.15) is 29.8 Å². The van der Waals surface area contributed by atoms with Crippen LogP contribution >= 0.6 is 0 Å². The molecule has 1 unspecified atom stereocenters. The van der Waals surface area contributed by atoms with E-state index in [9.17, 15) is 4.79 Å². The molecule has 4 rings (SSSR count). The fourth-order valence-electron chi connectivity index (χ4n) is 3.82. The Kier molecular flexibility index (Phi) is 5.25. The molecule has 2 aromatic carbocycles. The van der Waals surface area contributed by atoms with E-state index in [1.165, 1.54) is 5.56 Å². The smallest absolute Gasteiger partial charge is 0.229 e. The Morgan fingerprint density at radius 2 is 1.93 bits per heavy atom. The van der Waals surface area contributed by atoms with E-state index in [0.717, 1.165) is 29.0 Å². The van der Waals surface area contributed by atoms with Gasteiger partial charge in [0.2, 0.25) is 5.91 Å². The summed E-state index contributed by atoms with van der Waals surface area (Å²) in [6.45, 7) is 2.75. The summed E-state index contributed by atoms with van der Waals surface area (Å²) in [5, 5.41) is 4.10. The van der Waals surface area contributed by atoms with Crippen LogP contribution in [0.2, 0.25) is 0 Å². The summed E-state index contributed by atoms with van der Waals surface area (Å²) in [7, 11) is 3.28. The minimum Gasteiger partial charge on any atom is -0.497 e. The first-order chi connectivity index (χ1) is 14.1. The molecule has 0 bridgehead atoms. The largest absolute Gasteiger partial charge is 0.497 e. The highest BCUT2D eigenvalue weighted by Gasteiger charge is 2.28. The predicted molar refractivity (Wildman–Crippen MR) is 109 cm³/mol. The summed E-state index contributed by atoms with van der Waals surface area (Å²) in [4.78, 5) is 14.9. The van der Waals surface area contributed by atoms with E-state index >= 15 is 0 Å². The van der Waals surface area contributed by atoms with E-state index in [4.69, 9.17) is 14.0 Å². The van der Waals surface area contributed by atoms with Gasteiger partial charge in [0.1, 0.15) is 11.5 Å². The lowest BCUT2D eigenvalue weighted by atomic mass is 9.93. The number of benzene rings is 2. The SMILES string of the molecule is COc1cccc(-c2cc(CC(=O)N3CCc4ccc(OC)cc4C3C)no2)c1. The van der Waals surface area contributed by atoms with Crippen molar-refractivity contribution < 1.29 is 18.8 Å². The van der Waals surface area contributed by atoms with Crippen molar-refractivity contribution >= 4 is 5.91 Å². The lowest BCUT2D eigenvalue weighted by Crippen LogP contribution is -2.39. The number of carbonyl (C=O) groups is 1. The Labute approximate surface area is 170 Å². The maximum Gasteiger partial charge on any atom is 0.229 e. The maximum atomic E-state index is 13.0. The molecule has 0 aliphatic carbocycles. The molecule has 0 saturated carbocycles. The van der Waals surface area contributed by atoms with Crippen LogP contribution in [0.15, 0.2) is 53.1 Å². The Hall–Kier alpha value is -3.28. The van der Waals surface area contributed by atoms with Gasteiger partial charge in [-0.2, -0.15) is 0 Å². The predicted octanol–water partition coefficient (Wildman–Crippen LogP) is 4.05. The number of ether oxygens (including phenoxy) is 2. The summed E-state index contributed by atoms with van der Waals surface area (Å²) < 4.78 is 16.1. The fourth-order valence-corrected chi connectivity index (χ4v) is 3.82. The fraction of sp³-hybridized carbons (Fsp3) is 0.304. The van der Waals surface area contributed by atoms with Crippen LogP contribution in [0.3, 0.4) is 0 Å². The second-order valence-electron chi connectivity index (χ2n) is 7.17. The molecule has 1 aromatic heterocycles. The molecule has 0 radical (unpaired) electrons. The number of nitrogens with zero attached hydrogens (tertiary/aromatic N) is 2. The average Bonchev–Trinajstić information content (AvgIpc) is 3.22. The highest BCUT2D eigenvalue weighted by molar-refractivity contribution is 5.79. The zero-order chi connectivity index (χ0) is 20.4. The molecule has 1 aliphatic heterocycles. The van der Waals surface area contributed by atoms with E-state index < -0.39 is 0 Å². The van der Waals surface area contributed by atoms with Crippen molar-refractivity contribution in [3.05, 3.63) is 65.4 Å². The molecule has 1 atom stereocenters. The monoisotopic (exact) mass is 392 g/mol. The molecule has 3 aromatic rings. The summed E-state index contributed by atoms with van der Waals surface area (Å²) in [5.74, 6) is 2.21. The van der Waals surface area contributed by atoms with Crippen LogP contribution in [0.4, 0.5) is 0 Å². The molecule has 6 heteroatoms. The van der Waals surface area contributed by atoms with Crippen molar-refractivity contribution in [2.45, 2.75) is 25.8 Å². The number of amides is 1. The molecule has 150 valence electrons. The van der Waals surface area contributed by atoms with Gasteiger partial charge < -0.3 is 18.9 Å². The van der Waals surface area contributed by atoms with E-state index in [-0.39, 0.29) is 18.4 Å². The molecule has 29 heavy (non-hydrogen) atoms. The van der Waals surface area contributed by atoms with Crippen molar-refractivity contribution in [1.82, 2.24) is 10.1 Å². The van der Waals surface area contributed by atoms with E-state index in [2.05, 4.69) is 18.1 Å². The van der Waals surface area contributed by atoms with Gasteiger partial charge in [0.25, 0.3) is 0 Å². The highest BCUT2D eigenvalue weighted by atomic mass is 16.5. The minimum atomic E-state index is -0.00824. The molecule has 0 N–H and O–H groups in total. The van der Waals surface area contributed by atoms with Gasteiger partial charge in [-0.15, -0.1) is 0 Å². The summed E-state index contributed by atoms with van der Waals surface area (Å²) >= 11 is 0. The Bertz CT molecular complexity index is 1030. The van der Waals surface area contributed by atoms with Crippen molar-refractivity contribution in [3.8, 4) is 22.8 Å². The van der Waals surface area contributed by atoms with E-state index in [1.807, 2.05) is 47.4 Å². The number of rotatable bonds is 5. The molecule has 6 nitrogen and oxygen atoms in total. The van der Waals surface area contributed by atoms with Crippen molar-refractivity contribution in [2.75, 3.05) is 20.8 Å². The first-order valence-electron chi connectivity index (χ1n) is 9.65. The lowest BCUT2D eigenvalue weighted by molar-refractivity contribution is -0.133. The summed E-state index contributed by atoms with van der Waals surface area (Å²) in [6, 6.07) is 15.5. The number of aromatic nitrogens is 1. The van der Waals surface area contributed by atoms with E-state index in [1.54, 1.807) is 14.2 Å². The van der Waals surface area contributed by atoms with Crippen molar-refractivity contribution in [1.29, 1.82) is 0 Å². The summed E-state index contributed by atoms with van der Waals surface area (Å²) in [5.41, 5.74) is 3.89. The van der Waals surface area contributed by atoms with Crippen LogP contribution in [0, 0.1) is 0 Å². The molecule has 0 spiro atoms. The molecular formula is C23H24N2O4. The summed E-state index contributed by atoms with van der Waals surface area (Å²) in [6.07, 6.45) is 1.04. The van der Waals surface area contributed by atoms with Crippen molar-refractivity contribution in [2.24, 2.45) is 0 Å². The Morgan fingerprint density at radius 1 is 1.14 bits per heavy atom. The zero-order valence-corrected chi connectivity index (χ0v) is 16.8. The van der Waals surface area contributed by atoms with Gasteiger partial charge in [-0.3, -0.25) is 4.79 Å². The van der Waals surface area contributed by atoms with Gasteiger partial charge in [0, 0.05) is 18.2 Å².